The van der Waals surface area contributed by atoms with E-state index in [0.717, 1.165) is 12.8 Å². The third-order valence-electron chi connectivity index (χ3n) is 5.09. The summed E-state index contributed by atoms with van der Waals surface area (Å²) in [5.41, 5.74) is 0.722. The van der Waals surface area contributed by atoms with Crippen molar-refractivity contribution in [3.63, 3.8) is 0 Å². The van der Waals surface area contributed by atoms with Crippen LogP contribution in [0.25, 0.3) is 0 Å². The summed E-state index contributed by atoms with van der Waals surface area (Å²) in [6, 6.07) is 0. The monoisotopic (exact) mass is 350 g/mol. The molecule has 0 spiro atoms. The van der Waals surface area contributed by atoms with Crippen molar-refractivity contribution in [3.05, 3.63) is 23.8 Å². The quantitative estimate of drug-likeness (QED) is 0.282. The van der Waals surface area contributed by atoms with E-state index >= 15 is 0 Å². The summed E-state index contributed by atoms with van der Waals surface area (Å²) in [5.74, 6) is 0.612. The number of hydrogen-bond acceptors (Lipinski definition) is 2. The Bertz CT molecular complexity index is 479. The molecule has 0 radical (unpaired) electrons. The number of carbonyl (C=O) groups excluding carboxylic acids is 1. The van der Waals surface area contributed by atoms with Gasteiger partial charge in [-0.25, -0.2) is 4.79 Å². The minimum Gasteiger partial charge on any atom is -0.456 e. The van der Waals surface area contributed by atoms with Crippen molar-refractivity contribution in [1.29, 1.82) is 0 Å². The van der Waals surface area contributed by atoms with E-state index in [2.05, 4.69) is 61.5 Å². The third kappa shape index (κ3) is 9.28. The molecule has 0 fully saturated rings. The number of carbonyl (C=O) groups is 1. The van der Waals surface area contributed by atoms with Gasteiger partial charge in [0.1, 0.15) is 5.60 Å². The summed E-state index contributed by atoms with van der Waals surface area (Å²) in [7, 11) is 0. The predicted molar refractivity (Wildman–Crippen MR) is 110 cm³/mol. The molecule has 0 aromatic rings. The van der Waals surface area contributed by atoms with E-state index in [-0.39, 0.29) is 17.3 Å². The Morgan fingerprint density at radius 1 is 1.00 bits per heavy atom. The van der Waals surface area contributed by atoms with Crippen LogP contribution in [-0.2, 0) is 9.53 Å². The molecule has 0 saturated heterocycles. The zero-order chi connectivity index (χ0) is 20.1. The molecule has 2 nitrogen and oxygen atoms in total. The number of ether oxygens (including phenoxy) is 1. The Morgan fingerprint density at radius 3 is 1.88 bits per heavy atom. The number of esters is 1. The zero-order valence-electron chi connectivity index (χ0n) is 18.6. The maximum Gasteiger partial charge on any atom is 0.338 e. The Labute approximate surface area is 157 Å². The molecule has 0 aliphatic carbocycles. The summed E-state index contributed by atoms with van der Waals surface area (Å²) in [6.45, 7) is 23.7. The molecule has 1 unspecified atom stereocenters. The number of hydrogen-bond donors (Lipinski definition) is 0. The normalized spacial score (nSPS) is 15.8. The maximum absolute atomic E-state index is 12.5. The first-order chi connectivity index (χ1) is 11.1. The third-order valence-corrected chi connectivity index (χ3v) is 5.09. The highest BCUT2D eigenvalue weighted by Gasteiger charge is 2.29. The van der Waals surface area contributed by atoms with Crippen LogP contribution in [0.15, 0.2) is 23.8 Å². The zero-order valence-corrected chi connectivity index (χ0v) is 18.6. The van der Waals surface area contributed by atoms with Gasteiger partial charge in [-0.15, -0.1) is 0 Å². The average Bonchev–Trinajstić information content (AvgIpc) is 2.38. The SMILES string of the molecule is C/C=C(\C=C/CC(CC(C)(C)C)C(C)(C)C)C(=O)OC(C)(C)C(C)C. The number of rotatable bonds is 7. The fraction of sp³-hybridized carbons (Fsp3) is 0.783. The lowest BCUT2D eigenvalue weighted by molar-refractivity contribution is -0.155. The molecule has 0 rings (SSSR count). The lowest BCUT2D eigenvalue weighted by Gasteiger charge is -2.35. The largest absolute Gasteiger partial charge is 0.456 e. The van der Waals surface area contributed by atoms with Gasteiger partial charge < -0.3 is 4.74 Å². The van der Waals surface area contributed by atoms with Gasteiger partial charge in [0.25, 0.3) is 0 Å². The highest BCUT2D eigenvalue weighted by molar-refractivity contribution is 5.91. The molecule has 0 aromatic carbocycles. The van der Waals surface area contributed by atoms with E-state index in [1.807, 2.05) is 32.9 Å². The van der Waals surface area contributed by atoms with Gasteiger partial charge in [0.15, 0.2) is 0 Å². The molecular weight excluding hydrogens is 308 g/mol. The molecule has 0 N–H and O–H groups in total. The van der Waals surface area contributed by atoms with E-state index in [0.29, 0.717) is 16.9 Å². The molecule has 1 atom stereocenters. The minimum atomic E-state index is -0.459. The predicted octanol–water partition coefficient (Wildman–Crippen LogP) is 6.96. The molecule has 0 saturated carbocycles. The minimum absolute atomic E-state index is 0.236. The molecule has 0 aliphatic rings. The van der Waals surface area contributed by atoms with Crippen molar-refractivity contribution >= 4 is 5.97 Å². The van der Waals surface area contributed by atoms with Crippen LogP contribution in [0.1, 0.15) is 89.0 Å². The van der Waals surface area contributed by atoms with Crippen LogP contribution in [0.4, 0.5) is 0 Å². The topological polar surface area (TPSA) is 26.3 Å². The van der Waals surface area contributed by atoms with Crippen molar-refractivity contribution < 1.29 is 9.53 Å². The van der Waals surface area contributed by atoms with Gasteiger partial charge in [0.05, 0.1) is 5.57 Å². The van der Waals surface area contributed by atoms with Crippen LogP contribution in [0.3, 0.4) is 0 Å². The molecule has 0 aliphatic heterocycles. The van der Waals surface area contributed by atoms with E-state index in [9.17, 15) is 4.79 Å². The fourth-order valence-electron chi connectivity index (χ4n) is 2.54. The first-order valence-corrected chi connectivity index (χ1v) is 9.66. The van der Waals surface area contributed by atoms with Crippen molar-refractivity contribution in [1.82, 2.24) is 0 Å². The van der Waals surface area contributed by atoms with Gasteiger partial charge in [0, 0.05) is 0 Å². The Balaban J connectivity index is 5.04. The van der Waals surface area contributed by atoms with Gasteiger partial charge in [-0.1, -0.05) is 73.6 Å². The van der Waals surface area contributed by atoms with Crippen molar-refractivity contribution in [2.45, 2.75) is 94.6 Å². The summed E-state index contributed by atoms with van der Waals surface area (Å²) in [5, 5.41) is 0. The highest BCUT2D eigenvalue weighted by atomic mass is 16.6. The summed E-state index contributed by atoms with van der Waals surface area (Å²) in [6.07, 6.45) is 8.04. The Hall–Kier alpha value is -1.05. The van der Waals surface area contributed by atoms with E-state index in [1.54, 1.807) is 0 Å². The van der Waals surface area contributed by atoms with Crippen molar-refractivity contribution in [2.75, 3.05) is 0 Å². The van der Waals surface area contributed by atoms with Crippen LogP contribution >= 0.6 is 0 Å². The van der Waals surface area contributed by atoms with Crippen LogP contribution in [0.2, 0.25) is 0 Å². The van der Waals surface area contributed by atoms with Crippen LogP contribution in [0.5, 0.6) is 0 Å². The lowest BCUT2D eigenvalue weighted by Crippen LogP contribution is -2.34. The first-order valence-electron chi connectivity index (χ1n) is 9.66. The molecule has 0 amide bonds. The second-order valence-electron chi connectivity index (χ2n) is 10.4. The van der Waals surface area contributed by atoms with Gasteiger partial charge >= 0.3 is 5.97 Å². The van der Waals surface area contributed by atoms with Gasteiger partial charge in [-0.2, -0.15) is 0 Å². The molecule has 0 aromatic heterocycles. The molecule has 0 heterocycles. The first kappa shape index (κ1) is 23.9. The second kappa shape index (κ2) is 9.05. The molecule has 0 bridgehead atoms. The smallest absolute Gasteiger partial charge is 0.338 e. The summed E-state index contributed by atoms with van der Waals surface area (Å²) in [4.78, 5) is 12.5. The lowest BCUT2D eigenvalue weighted by atomic mass is 9.71. The Morgan fingerprint density at radius 2 is 1.52 bits per heavy atom. The van der Waals surface area contributed by atoms with Gasteiger partial charge in [-0.05, 0) is 56.3 Å². The summed E-state index contributed by atoms with van der Waals surface area (Å²) < 4.78 is 5.70. The molecule has 2 heteroatoms. The second-order valence-corrected chi connectivity index (χ2v) is 10.4. The standard InChI is InChI=1S/C23H42O2/c1-12-18(20(24)25-23(10,11)17(2)3)14-13-15-19(22(7,8)9)16-21(4,5)6/h12-14,17,19H,15-16H2,1-11H3/b14-13-,18-12+. The highest BCUT2D eigenvalue weighted by Crippen LogP contribution is 2.38. The van der Waals surface area contributed by atoms with E-state index in [4.69, 9.17) is 4.74 Å². The average molecular weight is 351 g/mol. The number of allylic oxidation sites excluding steroid dienone is 2. The van der Waals surface area contributed by atoms with E-state index in [1.165, 1.54) is 0 Å². The Kier molecular flexibility index (Phi) is 8.67. The maximum atomic E-state index is 12.5. The van der Waals surface area contributed by atoms with E-state index < -0.39 is 5.60 Å². The van der Waals surface area contributed by atoms with Crippen molar-refractivity contribution in [2.24, 2.45) is 22.7 Å². The molecule has 25 heavy (non-hydrogen) atoms. The van der Waals surface area contributed by atoms with Crippen LogP contribution in [0, 0.1) is 22.7 Å². The molecular formula is C23H42O2. The van der Waals surface area contributed by atoms with Gasteiger partial charge in [-0.3, -0.25) is 0 Å². The molecule has 146 valence electrons. The van der Waals surface area contributed by atoms with Crippen LogP contribution in [-0.4, -0.2) is 11.6 Å². The van der Waals surface area contributed by atoms with Crippen molar-refractivity contribution in [3.8, 4) is 0 Å². The summed E-state index contributed by atoms with van der Waals surface area (Å²) >= 11 is 0. The van der Waals surface area contributed by atoms with Gasteiger partial charge in [0.2, 0.25) is 0 Å². The van der Waals surface area contributed by atoms with Crippen LogP contribution < -0.4 is 0 Å². The fourth-order valence-corrected chi connectivity index (χ4v) is 2.54.